The normalized spacial score (nSPS) is 14.6. The summed E-state index contributed by atoms with van der Waals surface area (Å²) in [6, 6.07) is 3.78. The number of aliphatic hydroxyl groups is 1. The van der Waals surface area contributed by atoms with Gasteiger partial charge in [0.1, 0.15) is 5.75 Å². The molecule has 0 heterocycles. The van der Waals surface area contributed by atoms with Gasteiger partial charge in [0.25, 0.3) is 0 Å². The number of hydrogen-bond donors (Lipinski definition) is 1. The van der Waals surface area contributed by atoms with Crippen molar-refractivity contribution in [3.8, 4) is 5.75 Å². The zero-order valence-electron chi connectivity index (χ0n) is 7.76. The summed E-state index contributed by atoms with van der Waals surface area (Å²) in [5, 5.41) is 8.66. The van der Waals surface area contributed by atoms with Gasteiger partial charge in [0, 0.05) is 4.47 Å². The third kappa shape index (κ3) is 4.24. The summed E-state index contributed by atoms with van der Waals surface area (Å²) in [4.78, 5) is -0.171. The van der Waals surface area contributed by atoms with Crippen LogP contribution in [0, 0.1) is 0 Å². The van der Waals surface area contributed by atoms with Gasteiger partial charge in [0.15, 0.2) is 5.01 Å². The summed E-state index contributed by atoms with van der Waals surface area (Å²) >= 11 is 16.9. The molecule has 2 atom stereocenters. The van der Waals surface area contributed by atoms with E-state index in [-0.39, 0.29) is 16.4 Å². The van der Waals surface area contributed by atoms with Gasteiger partial charge in [0.2, 0.25) is 0 Å². The fraction of sp³-hybridized carbons (Fsp3) is 0.333. The second-order valence-corrected chi connectivity index (χ2v) is 7.57. The summed E-state index contributed by atoms with van der Waals surface area (Å²) in [5.74, 6) is 0.683. The summed E-state index contributed by atoms with van der Waals surface area (Å²) in [6.45, 7) is -0.0122. The quantitative estimate of drug-likeness (QED) is 0.549. The molecule has 0 bridgehead atoms. The van der Waals surface area contributed by atoms with Gasteiger partial charge < -0.3 is 9.84 Å². The Balaban J connectivity index is 2.89. The van der Waals surface area contributed by atoms with Crippen LogP contribution >= 0.6 is 79.6 Å². The van der Waals surface area contributed by atoms with Gasteiger partial charge in [-0.1, -0.05) is 31.9 Å². The number of benzene rings is 1. The van der Waals surface area contributed by atoms with Crippen molar-refractivity contribution in [2.45, 2.75) is 9.84 Å². The Morgan fingerprint density at radius 1 is 1.12 bits per heavy atom. The van der Waals surface area contributed by atoms with Crippen LogP contribution in [0.25, 0.3) is 0 Å². The van der Waals surface area contributed by atoms with Gasteiger partial charge >= 0.3 is 0 Å². The maximum atomic E-state index is 8.98. The summed E-state index contributed by atoms with van der Waals surface area (Å²) in [7, 11) is 0. The minimum Gasteiger partial charge on any atom is -0.476 e. The highest BCUT2D eigenvalue weighted by Gasteiger charge is 2.19. The first kappa shape index (κ1) is 15.4. The van der Waals surface area contributed by atoms with E-state index in [0.29, 0.717) is 5.75 Å². The van der Waals surface area contributed by atoms with E-state index in [1.165, 1.54) is 0 Å². The van der Waals surface area contributed by atoms with Gasteiger partial charge in [-0.2, -0.15) is 0 Å². The first-order valence-electron chi connectivity index (χ1n) is 4.16. The molecule has 0 amide bonds. The van der Waals surface area contributed by atoms with E-state index >= 15 is 0 Å². The maximum absolute atomic E-state index is 8.98. The number of hydrogen-bond acceptors (Lipinski definition) is 2. The van der Waals surface area contributed by atoms with Crippen LogP contribution in [0.5, 0.6) is 5.75 Å². The van der Waals surface area contributed by atoms with Gasteiger partial charge in [-0.05, 0) is 59.9 Å². The van der Waals surface area contributed by atoms with E-state index in [1.54, 1.807) is 0 Å². The van der Waals surface area contributed by atoms with Crippen LogP contribution in [-0.2, 0) is 0 Å². The predicted octanol–water partition coefficient (Wildman–Crippen LogP) is 4.83. The van der Waals surface area contributed by atoms with E-state index in [0.717, 1.165) is 13.4 Å². The smallest absolute Gasteiger partial charge is 0.168 e. The van der Waals surface area contributed by atoms with Crippen LogP contribution < -0.4 is 4.74 Å². The lowest BCUT2D eigenvalue weighted by Gasteiger charge is -2.18. The Morgan fingerprint density at radius 2 is 1.62 bits per heavy atom. The molecule has 0 saturated heterocycles. The minimum atomic E-state index is -0.314. The van der Waals surface area contributed by atoms with Crippen molar-refractivity contribution in [3.63, 3.8) is 0 Å². The Bertz CT molecular complexity index is 348. The monoisotopic (exact) mass is 542 g/mol. The summed E-state index contributed by atoms with van der Waals surface area (Å²) in [6.07, 6.45) is 0. The third-order valence-electron chi connectivity index (χ3n) is 1.65. The Kier molecular flexibility index (Phi) is 6.84. The van der Waals surface area contributed by atoms with Crippen molar-refractivity contribution in [1.82, 2.24) is 0 Å². The van der Waals surface area contributed by atoms with Crippen molar-refractivity contribution in [1.29, 1.82) is 0 Å². The molecule has 0 aliphatic carbocycles. The molecule has 90 valence electrons. The highest BCUT2D eigenvalue weighted by molar-refractivity contribution is 9.12. The Hall–Kier alpha value is 1.38. The predicted molar refractivity (Wildman–Crippen MR) is 82.7 cm³/mol. The largest absolute Gasteiger partial charge is 0.476 e. The van der Waals surface area contributed by atoms with Crippen molar-refractivity contribution in [2.75, 3.05) is 6.61 Å². The molecule has 2 nitrogen and oxygen atoms in total. The average Bonchev–Trinajstić information content (AvgIpc) is 2.21. The van der Waals surface area contributed by atoms with Gasteiger partial charge in [-0.25, -0.2) is 0 Å². The van der Waals surface area contributed by atoms with Crippen LogP contribution in [0.2, 0.25) is 0 Å². The molecule has 0 saturated carbocycles. The van der Waals surface area contributed by atoms with Crippen LogP contribution in [0.15, 0.2) is 25.6 Å². The molecule has 0 aliphatic heterocycles. The Labute approximate surface area is 136 Å². The SMILES string of the molecule is OCC(Br)C(Br)Oc1c(Br)cc(Br)cc1Br. The standard InChI is InChI=1S/C9H7Br5O2/c10-4-1-5(11)8(6(12)2-4)16-9(14)7(13)3-15/h1-2,7,9,15H,3H2. The lowest BCUT2D eigenvalue weighted by molar-refractivity contribution is 0.226. The first-order valence-corrected chi connectivity index (χ1v) is 8.37. The van der Waals surface area contributed by atoms with E-state index in [2.05, 4.69) is 79.6 Å². The summed E-state index contributed by atoms with van der Waals surface area (Å²) in [5.41, 5.74) is 0. The van der Waals surface area contributed by atoms with Crippen LogP contribution in [0.3, 0.4) is 0 Å². The molecule has 2 unspecified atom stereocenters. The molecular formula is C9H7Br5O2. The molecule has 1 aromatic rings. The van der Waals surface area contributed by atoms with Crippen molar-refractivity contribution >= 4 is 79.6 Å². The number of halogens is 5. The highest BCUT2D eigenvalue weighted by Crippen LogP contribution is 2.38. The lowest BCUT2D eigenvalue weighted by Crippen LogP contribution is -2.24. The van der Waals surface area contributed by atoms with Crippen molar-refractivity contribution in [2.24, 2.45) is 0 Å². The van der Waals surface area contributed by atoms with E-state index < -0.39 is 0 Å². The van der Waals surface area contributed by atoms with Crippen LogP contribution in [0.4, 0.5) is 0 Å². The minimum absolute atomic E-state index is 0.0122. The molecule has 7 heteroatoms. The lowest BCUT2D eigenvalue weighted by atomic mass is 10.3. The molecule has 1 aromatic carbocycles. The van der Waals surface area contributed by atoms with E-state index in [1.807, 2.05) is 12.1 Å². The number of rotatable bonds is 4. The number of ether oxygens (including phenoxy) is 1. The fourth-order valence-corrected chi connectivity index (χ4v) is 3.82. The molecule has 0 aliphatic rings. The van der Waals surface area contributed by atoms with Gasteiger partial charge in [0.05, 0.1) is 20.4 Å². The zero-order chi connectivity index (χ0) is 12.3. The van der Waals surface area contributed by atoms with Crippen molar-refractivity contribution < 1.29 is 9.84 Å². The Morgan fingerprint density at radius 3 is 2.06 bits per heavy atom. The van der Waals surface area contributed by atoms with Crippen LogP contribution in [0.1, 0.15) is 0 Å². The molecular weight excluding hydrogens is 540 g/mol. The second-order valence-electron chi connectivity index (χ2n) is 2.87. The van der Waals surface area contributed by atoms with Gasteiger partial charge in [-0.3, -0.25) is 0 Å². The number of aliphatic hydroxyl groups excluding tert-OH is 1. The van der Waals surface area contributed by atoms with Crippen molar-refractivity contribution in [3.05, 3.63) is 25.6 Å². The van der Waals surface area contributed by atoms with Gasteiger partial charge in [-0.15, -0.1) is 0 Å². The number of alkyl halides is 2. The molecule has 0 radical (unpaired) electrons. The molecule has 1 rings (SSSR count). The third-order valence-corrected chi connectivity index (χ3v) is 5.59. The first-order chi connectivity index (χ1) is 7.45. The molecule has 0 fully saturated rings. The highest BCUT2D eigenvalue weighted by atomic mass is 79.9. The fourth-order valence-electron chi connectivity index (χ4n) is 0.911. The molecule has 0 aromatic heterocycles. The maximum Gasteiger partial charge on any atom is 0.168 e. The summed E-state index contributed by atoms with van der Waals surface area (Å²) < 4.78 is 8.28. The van der Waals surface area contributed by atoms with Crippen LogP contribution in [-0.4, -0.2) is 21.6 Å². The second kappa shape index (κ2) is 7.09. The molecule has 1 N–H and O–H groups in total. The average molecular weight is 547 g/mol. The van der Waals surface area contributed by atoms with E-state index in [4.69, 9.17) is 9.84 Å². The molecule has 16 heavy (non-hydrogen) atoms. The molecule has 0 spiro atoms. The van der Waals surface area contributed by atoms with E-state index in [9.17, 15) is 0 Å². The topological polar surface area (TPSA) is 29.5 Å². The zero-order valence-corrected chi connectivity index (χ0v) is 15.7.